The molecule has 2 unspecified atom stereocenters. The van der Waals surface area contributed by atoms with Gasteiger partial charge in [0.15, 0.2) is 22.9 Å². The Morgan fingerprint density at radius 1 is 0.857 bits per heavy atom. The molecule has 10 N–H and O–H groups in total. The molecule has 2 aliphatic heterocycles. The van der Waals surface area contributed by atoms with Crippen molar-refractivity contribution in [2.75, 3.05) is 40.5 Å². The summed E-state index contributed by atoms with van der Waals surface area (Å²) in [6.45, 7) is 8.37. The van der Waals surface area contributed by atoms with Gasteiger partial charge in [-0.05, 0) is 154 Å². The number of fused-ring (bicyclic) bond motifs is 3. The Morgan fingerprint density at radius 3 is 2.21 bits per heavy atom. The number of aromatic amines is 1. The first-order valence-electron chi connectivity index (χ1n) is 29.0. The fourth-order valence-electron chi connectivity index (χ4n) is 11.9. The number of allylic oxidation sites excluding steroid dienone is 8. The number of H-pyrrole nitrogens is 1. The number of anilines is 3. The summed E-state index contributed by atoms with van der Waals surface area (Å²) in [5.74, 6) is -2.66. The Morgan fingerprint density at radius 2 is 1.55 bits per heavy atom. The number of nitrogen functional groups attached to an aromatic ring is 1. The molecule has 0 bridgehead atoms. The Hall–Kier alpha value is -8.23. The van der Waals surface area contributed by atoms with Crippen LogP contribution in [-0.4, -0.2) is 136 Å². The molecular formula is C61H70N9O17S4+. The van der Waals surface area contributed by atoms with Crippen LogP contribution in [0.1, 0.15) is 99.8 Å². The first kappa shape index (κ1) is 67.2. The van der Waals surface area contributed by atoms with Crippen molar-refractivity contribution in [2.45, 2.75) is 108 Å². The number of hydrogen-bond donors (Lipinski definition) is 9. The van der Waals surface area contributed by atoms with E-state index in [0.717, 1.165) is 11.3 Å². The lowest BCUT2D eigenvalue weighted by atomic mass is 9.73. The molecule has 26 nitrogen and oxygen atoms in total. The molecule has 0 fully saturated rings. The number of carboxylic acid groups (broad SMARTS) is 1. The molecule has 0 saturated heterocycles. The van der Waals surface area contributed by atoms with Crippen molar-refractivity contribution in [1.82, 2.24) is 25.3 Å². The normalized spacial score (nSPS) is 19.5. The first-order chi connectivity index (χ1) is 42.7. The van der Waals surface area contributed by atoms with Crippen molar-refractivity contribution in [3.8, 4) is 5.75 Å². The van der Waals surface area contributed by atoms with Gasteiger partial charge in [0, 0.05) is 53.5 Å². The number of ether oxygens (including phenoxy) is 1. The largest absolute Gasteiger partial charge is 0.480 e. The maximum atomic E-state index is 13.5. The summed E-state index contributed by atoms with van der Waals surface area (Å²) in [6.07, 6.45) is 15.9. The summed E-state index contributed by atoms with van der Waals surface area (Å²) in [6, 6.07) is 15.4. The van der Waals surface area contributed by atoms with Crippen LogP contribution in [0.25, 0.3) is 11.2 Å². The fourth-order valence-corrected chi connectivity index (χ4v) is 14.1. The predicted molar refractivity (Wildman–Crippen MR) is 340 cm³/mol. The molecule has 2 aliphatic carbocycles. The predicted octanol–water partition coefficient (Wildman–Crippen LogP) is 6.72. The number of nitrogens with one attached hydrogen (secondary N) is 3. The van der Waals surface area contributed by atoms with Crippen LogP contribution < -0.4 is 31.6 Å². The van der Waals surface area contributed by atoms with E-state index in [0.29, 0.717) is 89.6 Å². The maximum absolute atomic E-state index is 13.5. The third-order valence-electron chi connectivity index (χ3n) is 16.5. The lowest BCUT2D eigenvalue weighted by Gasteiger charge is -2.27. The van der Waals surface area contributed by atoms with Gasteiger partial charge in [-0.2, -0.15) is 38.7 Å². The third-order valence-corrected chi connectivity index (χ3v) is 19.9. The molecule has 4 aliphatic rings. The van der Waals surface area contributed by atoms with Crippen molar-refractivity contribution in [1.29, 1.82) is 0 Å². The molecule has 484 valence electrons. The number of carbonyl (C=O) groups excluding carboxylic acids is 1. The number of hydrogen-bond acceptors (Lipinski definition) is 18. The van der Waals surface area contributed by atoms with Gasteiger partial charge < -0.3 is 31.1 Å². The van der Waals surface area contributed by atoms with E-state index in [1.165, 1.54) is 42.6 Å². The van der Waals surface area contributed by atoms with Gasteiger partial charge in [0.05, 0.1) is 51.1 Å². The highest BCUT2D eigenvalue weighted by Gasteiger charge is 2.53. The quantitative estimate of drug-likeness (QED) is 0.0166. The number of amides is 1. The van der Waals surface area contributed by atoms with Crippen LogP contribution >= 0.6 is 0 Å². The van der Waals surface area contributed by atoms with Crippen molar-refractivity contribution < 1.29 is 75.9 Å². The Balaban J connectivity index is 1.02. The van der Waals surface area contributed by atoms with Crippen LogP contribution in [0.15, 0.2) is 153 Å². The average Bonchev–Trinajstić information content (AvgIpc) is 1.60. The maximum Gasteiger partial charge on any atom is 0.326 e. The molecule has 0 spiro atoms. The number of aromatic nitrogens is 4. The zero-order chi connectivity index (χ0) is 66.0. The Bertz CT molecular complexity index is 4480. The van der Waals surface area contributed by atoms with Gasteiger partial charge in [-0.1, -0.05) is 38.1 Å². The molecule has 0 radical (unpaired) electrons. The lowest BCUT2D eigenvalue weighted by molar-refractivity contribution is -0.550. The fraction of sp³-hybridized carbons (Fsp3) is 0.361. The summed E-state index contributed by atoms with van der Waals surface area (Å²) in [5.41, 5.74) is 9.27. The van der Waals surface area contributed by atoms with Crippen LogP contribution in [0.3, 0.4) is 0 Å². The van der Waals surface area contributed by atoms with Crippen LogP contribution in [0.5, 0.6) is 5.75 Å². The minimum atomic E-state index is -4.62. The SMILES string of the molecule is CC1(C)C(=CC=C2CCCC(C=CC3=[N+](CCCCS(=O)(=O)O)C4C=CC(S(=O)(=O)O)=CC4C3(C)C)=C2Oc2ccc(C[C@H](NC(=O)c3ccc(NCc4cnc5nc(N)[nH]c(=O)c5n4)cc3)C(=O)O)cc2)N(CCCCS(=O)(=O)O)c2ccc(S(=O)(=O)O)cc21. The molecule has 9 rings (SSSR count). The molecule has 1 amide bonds. The Labute approximate surface area is 526 Å². The summed E-state index contributed by atoms with van der Waals surface area (Å²) in [7, 11) is -17.7. The van der Waals surface area contributed by atoms with Crippen molar-refractivity contribution in [2.24, 2.45) is 11.3 Å². The van der Waals surface area contributed by atoms with Gasteiger partial charge in [0.2, 0.25) is 5.95 Å². The molecule has 5 aromatic rings. The zero-order valence-electron chi connectivity index (χ0n) is 50.0. The number of nitrogens with two attached hydrogens (primary N) is 1. The van der Waals surface area contributed by atoms with E-state index in [4.69, 9.17) is 10.5 Å². The highest BCUT2D eigenvalue weighted by Crippen LogP contribution is 2.49. The number of nitrogens with zero attached hydrogens (tertiary/aromatic N) is 5. The van der Waals surface area contributed by atoms with E-state index >= 15 is 0 Å². The molecule has 30 heteroatoms. The zero-order valence-corrected chi connectivity index (χ0v) is 53.2. The number of unbranched alkanes of at least 4 members (excludes halogenated alkanes) is 2. The van der Waals surface area contributed by atoms with E-state index in [9.17, 15) is 71.4 Å². The van der Waals surface area contributed by atoms with Crippen molar-refractivity contribution in [3.63, 3.8) is 0 Å². The number of aliphatic carboxylic acids is 1. The molecule has 2 aromatic heterocycles. The topological polar surface area (TPSA) is 409 Å². The average molecular weight is 1330 g/mol. The van der Waals surface area contributed by atoms with Crippen molar-refractivity contribution >= 4 is 86.5 Å². The minimum absolute atomic E-state index is 0.0137. The smallest absolute Gasteiger partial charge is 0.326 e. The van der Waals surface area contributed by atoms with E-state index in [1.807, 2.05) is 56.9 Å². The molecule has 4 heterocycles. The summed E-state index contributed by atoms with van der Waals surface area (Å²) in [4.78, 5) is 54.7. The van der Waals surface area contributed by atoms with Crippen LogP contribution in [0.2, 0.25) is 0 Å². The second-order valence-electron chi connectivity index (χ2n) is 23.7. The number of carboxylic acids is 1. The summed E-state index contributed by atoms with van der Waals surface area (Å²) in [5, 5.41) is 16.1. The number of rotatable bonds is 25. The van der Waals surface area contributed by atoms with E-state index in [2.05, 4.69) is 35.1 Å². The van der Waals surface area contributed by atoms with E-state index in [-0.39, 0.29) is 64.8 Å². The second kappa shape index (κ2) is 26.5. The van der Waals surface area contributed by atoms with Crippen LogP contribution in [0, 0.1) is 11.3 Å². The van der Waals surface area contributed by atoms with Crippen LogP contribution in [-0.2, 0) is 63.6 Å². The highest BCUT2D eigenvalue weighted by atomic mass is 32.2. The summed E-state index contributed by atoms with van der Waals surface area (Å²) < 4.78 is 145. The van der Waals surface area contributed by atoms with Crippen molar-refractivity contribution in [3.05, 3.63) is 176 Å². The van der Waals surface area contributed by atoms with E-state index < -0.39 is 98.2 Å². The lowest BCUT2D eigenvalue weighted by Crippen LogP contribution is -2.42. The minimum Gasteiger partial charge on any atom is -0.480 e. The highest BCUT2D eigenvalue weighted by molar-refractivity contribution is 7.90. The molecule has 3 aromatic carbocycles. The molecule has 91 heavy (non-hydrogen) atoms. The van der Waals surface area contributed by atoms with Gasteiger partial charge in [-0.15, -0.1) is 0 Å². The van der Waals surface area contributed by atoms with Crippen LogP contribution in [0.4, 0.5) is 17.3 Å². The van der Waals surface area contributed by atoms with Gasteiger partial charge >= 0.3 is 5.97 Å². The van der Waals surface area contributed by atoms with Gasteiger partial charge in [-0.3, -0.25) is 32.8 Å². The van der Waals surface area contributed by atoms with Gasteiger partial charge in [0.25, 0.3) is 51.9 Å². The van der Waals surface area contributed by atoms with Gasteiger partial charge in [0.1, 0.15) is 24.1 Å². The first-order valence-corrected chi connectivity index (χ1v) is 35.1. The monoisotopic (exact) mass is 1330 g/mol. The standard InChI is InChI=1S/C61H69N9O17S4/c1-60(2)46-33-44(90(81,82)83)22-24-49(46)69(28-5-7-30-88(75,76)77)51(60)26-16-38-10-9-11-39(17-27-52-61(3,4)47-34-45(91(84,85)86)23-25-50(47)70(52)29-6-8-31-89(78,79)80)54(38)87-43-20-12-37(13-21-43)32-48(58(73)74)66-56(71)40-14-18-41(19-15-40)63-35-42-36-64-55-53(65-42)57(72)68-59(62)67-55/h12-27,33-34,36,46,48-49H,5-11,28-32,35H2,1-4H3,(H9-,62,63,64,66,67,68,71,72,73,74,75,76,77,78,79,80,81,82,83,84,85,86)/p+1/t46?,48-,49?/m0/s1. The molecule has 0 saturated carbocycles. The third kappa shape index (κ3) is 16.1. The summed E-state index contributed by atoms with van der Waals surface area (Å²) >= 11 is 0. The molecular weight excluding hydrogens is 1260 g/mol. The Kier molecular flexibility index (Phi) is 19.6. The van der Waals surface area contributed by atoms with Gasteiger partial charge in [-0.25, -0.2) is 19.3 Å². The number of benzene rings is 3. The molecule has 3 atom stereocenters. The van der Waals surface area contributed by atoms with E-state index in [1.54, 1.807) is 48.5 Å². The number of carbonyl (C=O) groups is 2. The second-order valence-corrected chi connectivity index (χ2v) is 29.6.